The van der Waals surface area contributed by atoms with Crippen LogP contribution in [0.4, 0.5) is 0 Å². The van der Waals surface area contributed by atoms with Crippen LogP contribution in [-0.2, 0) is 0 Å². The summed E-state index contributed by atoms with van der Waals surface area (Å²) in [6.07, 6.45) is 3.26. The van der Waals surface area contributed by atoms with Crippen molar-refractivity contribution in [3.63, 3.8) is 0 Å². The maximum absolute atomic E-state index is 5.47. The lowest BCUT2D eigenvalue weighted by Gasteiger charge is -2.16. The van der Waals surface area contributed by atoms with Gasteiger partial charge in [0.2, 0.25) is 5.75 Å². The maximum Gasteiger partial charge on any atom is 0.203 e. The Morgan fingerprint density at radius 3 is 1.82 bits per heavy atom. The van der Waals surface area contributed by atoms with E-state index in [1.54, 1.807) is 41.7 Å². The second-order valence-electron chi connectivity index (χ2n) is 5.77. The molecule has 0 aliphatic rings. The van der Waals surface area contributed by atoms with Crippen LogP contribution in [0.15, 0.2) is 42.9 Å². The van der Waals surface area contributed by atoms with Crippen LogP contribution in [0, 0.1) is 0 Å². The zero-order chi connectivity index (χ0) is 20.1. The molecule has 0 bridgehead atoms. The first kappa shape index (κ1) is 19.3. The third-order valence-corrected chi connectivity index (χ3v) is 4.34. The lowest BCUT2D eigenvalue weighted by Crippen LogP contribution is -1.97. The minimum atomic E-state index is 0.526. The van der Waals surface area contributed by atoms with Crippen LogP contribution in [0.25, 0.3) is 22.4 Å². The summed E-state index contributed by atoms with van der Waals surface area (Å²) in [4.78, 5) is 8.69. The molecule has 0 radical (unpaired) electrons. The quantitative estimate of drug-likeness (QED) is 0.614. The van der Waals surface area contributed by atoms with Gasteiger partial charge in [-0.1, -0.05) is 0 Å². The first-order valence-corrected chi connectivity index (χ1v) is 8.49. The molecular weight excluding hydrogens is 360 g/mol. The van der Waals surface area contributed by atoms with E-state index in [1.807, 2.05) is 30.3 Å². The summed E-state index contributed by atoms with van der Waals surface area (Å²) in [5, 5.41) is 0. The summed E-state index contributed by atoms with van der Waals surface area (Å²) in [6, 6.07) is 9.37. The number of hydrogen-bond donors (Lipinski definition) is 0. The van der Waals surface area contributed by atoms with E-state index in [9.17, 15) is 0 Å². The fourth-order valence-electron chi connectivity index (χ4n) is 2.99. The highest BCUT2D eigenvalue weighted by Crippen LogP contribution is 2.43. The summed E-state index contributed by atoms with van der Waals surface area (Å²) in [5.74, 6) is 2.90. The van der Waals surface area contributed by atoms with Crippen LogP contribution in [0.1, 0.15) is 0 Å². The summed E-state index contributed by atoms with van der Waals surface area (Å²) in [6.45, 7) is 0. The molecule has 28 heavy (non-hydrogen) atoms. The lowest BCUT2D eigenvalue weighted by atomic mass is 9.99. The largest absolute Gasteiger partial charge is 0.493 e. The fraction of sp³-hybridized carbons (Fsp3) is 0.238. The molecule has 0 amide bonds. The number of hydrogen-bond acceptors (Lipinski definition) is 7. The number of methoxy groups -OCH3 is 5. The number of nitrogens with zero attached hydrogens (tertiary/aromatic N) is 2. The van der Waals surface area contributed by atoms with E-state index in [0.29, 0.717) is 28.7 Å². The van der Waals surface area contributed by atoms with Crippen LogP contribution in [-0.4, -0.2) is 45.5 Å². The molecule has 3 rings (SSSR count). The number of aromatic nitrogens is 2. The van der Waals surface area contributed by atoms with Gasteiger partial charge in [0.25, 0.3) is 0 Å². The molecule has 0 saturated carbocycles. The molecule has 7 heteroatoms. The third kappa shape index (κ3) is 3.51. The van der Waals surface area contributed by atoms with Crippen molar-refractivity contribution >= 4 is 0 Å². The first-order chi connectivity index (χ1) is 13.7. The van der Waals surface area contributed by atoms with Gasteiger partial charge < -0.3 is 23.7 Å². The molecule has 7 nitrogen and oxygen atoms in total. The molecule has 0 aliphatic heterocycles. The van der Waals surface area contributed by atoms with E-state index >= 15 is 0 Å². The van der Waals surface area contributed by atoms with Crippen molar-refractivity contribution in [1.82, 2.24) is 9.97 Å². The van der Waals surface area contributed by atoms with Crippen LogP contribution < -0.4 is 23.7 Å². The monoisotopic (exact) mass is 382 g/mol. The second kappa shape index (κ2) is 8.47. The van der Waals surface area contributed by atoms with Gasteiger partial charge in [0, 0.05) is 17.3 Å². The highest BCUT2D eigenvalue weighted by Gasteiger charge is 2.18. The minimum Gasteiger partial charge on any atom is -0.493 e. The molecule has 0 atom stereocenters. The molecule has 2 aromatic carbocycles. The molecule has 0 fully saturated rings. The Bertz CT molecular complexity index is 950. The average molecular weight is 382 g/mol. The van der Waals surface area contributed by atoms with Crippen molar-refractivity contribution < 1.29 is 23.7 Å². The Morgan fingerprint density at radius 2 is 1.25 bits per heavy atom. The minimum absolute atomic E-state index is 0.526. The van der Waals surface area contributed by atoms with E-state index in [-0.39, 0.29) is 0 Å². The molecule has 3 aromatic rings. The normalized spacial score (nSPS) is 10.3. The van der Waals surface area contributed by atoms with Crippen molar-refractivity contribution in [1.29, 1.82) is 0 Å². The zero-order valence-electron chi connectivity index (χ0n) is 16.5. The SMILES string of the molecule is COc1ccc(-c2ncncc2-c2cc(OC)c(OC)c(OC)c2)cc1OC. The molecule has 0 aliphatic carbocycles. The maximum atomic E-state index is 5.47. The number of rotatable bonds is 7. The van der Waals surface area contributed by atoms with Gasteiger partial charge >= 0.3 is 0 Å². The predicted octanol–water partition coefficient (Wildman–Crippen LogP) is 3.85. The first-order valence-electron chi connectivity index (χ1n) is 8.49. The Morgan fingerprint density at radius 1 is 0.643 bits per heavy atom. The standard InChI is InChI=1S/C21H22N2O5/c1-24-16-7-6-13(8-17(16)25-2)20-15(11-22-12-23-20)14-9-18(26-3)21(28-5)19(10-14)27-4/h6-12H,1-5H3. The van der Waals surface area contributed by atoms with E-state index in [4.69, 9.17) is 23.7 Å². The smallest absolute Gasteiger partial charge is 0.203 e. The van der Waals surface area contributed by atoms with Gasteiger partial charge in [-0.25, -0.2) is 9.97 Å². The zero-order valence-corrected chi connectivity index (χ0v) is 16.5. The molecule has 0 N–H and O–H groups in total. The van der Waals surface area contributed by atoms with Crippen molar-refractivity contribution in [3.05, 3.63) is 42.9 Å². The van der Waals surface area contributed by atoms with E-state index in [0.717, 1.165) is 22.4 Å². The van der Waals surface area contributed by atoms with Crippen LogP contribution in [0.3, 0.4) is 0 Å². The van der Waals surface area contributed by atoms with Gasteiger partial charge in [-0.05, 0) is 35.9 Å². The Kier molecular flexibility index (Phi) is 5.84. The lowest BCUT2D eigenvalue weighted by molar-refractivity contribution is 0.324. The molecule has 146 valence electrons. The van der Waals surface area contributed by atoms with Crippen molar-refractivity contribution in [2.75, 3.05) is 35.5 Å². The van der Waals surface area contributed by atoms with Gasteiger partial charge in [0.05, 0.1) is 41.2 Å². The van der Waals surface area contributed by atoms with E-state index < -0.39 is 0 Å². The van der Waals surface area contributed by atoms with E-state index in [1.165, 1.54) is 6.33 Å². The molecule has 0 spiro atoms. The summed E-state index contributed by atoms with van der Waals surface area (Å²) < 4.78 is 27.1. The van der Waals surface area contributed by atoms with Gasteiger partial charge in [0.15, 0.2) is 23.0 Å². The second-order valence-corrected chi connectivity index (χ2v) is 5.77. The van der Waals surface area contributed by atoms with Gasteiger partial charge in [0.1, 0.15) is 6.33 Å². The highest BCUT2D eigenvalue weighted by atomic mass is 16.5. The third-order valence-electron chi connectivity index (χ3n) is 4.34. The molecule has 1 heterocycles. The number of ether oxygens (including phenoxy) is 5. The summed E-state index contributed by atoms with van der Waals surface area (Å²) in [5.41, 5.74) is 3.25. The molecule has 0 unspecified atom stereocenters. The average Bonchev–Trinajstić information content (AvgIpc) is 2.77. The topological polar surface area (TPSA) is 71.9 Å². The van der Waals surface area contributed by atoms with Crippen LogP contribution >= 0.6 is 0 Å². The highest BCUT2D eigenvalue weighted by molar-refractivity contribution is 5.83. The number of benzene rings is 2. The Hall–Kier alpha value is -3.48. The molecule has 0 saturated heterocycles. The summed E-state index contributed by atoms with van der Waals surface area (Å²) in [7, 11) is 7.93. The fourth-order valence-corrected chi connectivity index (χ4v) is 2.99. The Labute approximate surface area is 163 Å². The van der Waals surface area contributed by atoms with Gasteiger partial charge in [-0.15, -0.1) is 0 Å². The summed E-state index contributed by atoms with van der Waals surface area (Å²) >= 11 is 0. The van der Waals surface area contributed by atoms with E-state index in [2.05, 4.69) is 9.97 Å². The van der Waals surface area contributed by atoms with Crippen molar-refractivity contribution in [2.45, 2.75) is 0 Å². The van der Waals surface area contributed by atoms with Crippen molar-refractivity contribution in [2.24, 2.45) is 0 Å². The molecule has 1 aromatic heterocycles. The van der Waals surface area contributed by atoms with Gasteiger partial charge in [-0.3, -0.25) is 0 Å². The predicted molar refractivity (Wildman–Crippen MR) is 106 cm³/mol. The van der Waals surface area contributed by atoms with Crippen LogP contribution in [0.5, 0.6) is 28.7 Å². The molecular formula is C21H22N2O5. The van der Waals surface area contributed by atoms with Gasteiger partial charge in [-0.2, -0.15) is 0 Å². The Balaban J connectivity index is 2.19. The van der Waals surface area contributed by atoms with Crippen molar-refractivity contribution in [3.8, 4) is 51.1 Å². The van der Waals surface area contributed by atoms with Crippen LogP contribution in [0.2, 0.25) is 0 Å².